The van der Waals surface area contributed by atoms with E-state index in [-0.39, 0.29) is 44.1 Å². The molecule has 2 unspecified atom stereocenters. The fourth-order valence-corrected chi connectivity index (χ4v) is 5.21. The Bertz CT molecular complexity index is 1370. The van der Waals surface area contributed by atoms with Crippen LogP contribution in [0.3, 0.4) is 0 Å². The van der Waals surface area contributed by atoms with Crippen LogP contribution in [0.25, 0.3) is 6.08 Å². The lowest BCUT2D eigenvalue weighted by Gasteiger charge is -2.28. The summed E-state index contributed by atoms with van der Waals surface area (Å²) in [5.74, 6) is -3.21. The maximum atomic E-state index is 13.4. The molecule has 1 aliphatic rings. The zero-order valence-corrected chi connectivity index (χ0v) is 27.8. The van der Waals surface area contributed by atoms with Crippen LogP contribution in [0.2, 0.25) is 5.02 Å². The number of rotatable bonds is 10. The molecule has 2 aromatic carbocycles. The van der Waals surface area contributed by atoms with Crippen molar-refractivity contribution in [2.45, 2.75) is 77.7 Å². The lowest BCUT2D eigenvalue weighted by atomic mass is 9.96. The summed E-state index contributed by atoms with van der Waals surface area (Å²) in [4.78, 5) is 53.1. The van der Waals surface area contributed by atoms with Crippen molar-refractivity contribution in [3.8, 4) is 5.75 Å². The number of cyclic esters (lactones) is 2. The lowest BCUT2D eigenvalue weighted by Crippen LogP contribution is -2.50. The standard InChI is InChI=1S/C35H45ClN2O8/c1-21(2)15-31-35(43)45-26(18-29(39)22(3)11-12-24-9-7-6-8-10-24)19-32(40)38-28(33(41)37-20-23(4)34(42)46-31)17-25-13-14-30(44-5)27(36)16-25/h6-14,16,21-23,26,28-29,31,39H,15,17-20H2,1-5H3,(H,37,41)(H,38,40)/t22-,23-,26?,28-,29?,31+/m1/s1. The highest BCUT2D eigenvalue weighted by Crippen LogP contribution is 2.26. The predicted octanol–water partition coefficient (Wildman–Crippen LogP) is 4.50. The van der Waals surface area contributed by atoms with E-state index in [4.69, 9.17) is 25.8 Å². The smallest absolute Gasteiger partial charge is 0.347 e. The molecule has 1 fully saturated rings. The molecule has 10 nitrogen and oxygen atoms in total. The molecule has 0 aromatic heterocycles. The fourth-order valence-electron chi connectivity index (χ4n) is 4.93. The van der Waals surface area contributed by atoms with E-state index < -0.39 is 54.0 Å². The van der Waals surface area contributed by atoms with Gasteiger partial charge in [-0.05, 0) is 35.6 Å². The molecule has 3 rings (SSSR count). The number of benzene rings is 2. The van der Waals surface area contributed by atoms with Gasteiger partial charge in [0.1, 0.15) is 17.9 Å². The van der Waals surface area contributed by atoms with Gasteiger partial charge in [0.15, 0.2) is 6.10 Å². The van der Waals surface area contributed by atoms with Crippen molar-refractivity contribution in [1.82, 2.24) is 10.6 Å². The first-order chi connectivity index (χ1) is 21.9. The second kappa shape index (κ2) is 17.7. The Morgan fingerprint density at radius 1 is 1.02 bits per heavy atom. The van der Waals surface area contributed by atoms with Gasteiger partial charge in [-0.1, -0.05) is 87.8 Å². The number of esters is 2. The third-order valence-electron chi connectivity index (χ3n) is 7.70. The molecule has 2 amide bonds. The van der Waals surface area contributed by atoms with Crippen LogP contribution in [0.1, 0.15) is 58.1 Å². The van der Waals surface area contributed by atoms with E-state index in [1.54, 1.807) is 25.1 Å². The summed E-state index contributed by atoms with van der Waals surface area (Å²) in [6, 6.07) is 13.6. The van der Waals surface area contributed by atoms with Gasteiger partial charge in [0.2, 0.25) is 11.8 Å². The van der Waals surface area contributed by atoms with Crippen LogP contribution in [-0.2, 0) is 35.1 Å². The van der Waals surface area contributed by atoms with Gasteiger partial charge >= 0.3 is 11.9 Å². The van der Waals surface area contributed by atoms with Gasteiger partial charge in [-0.3, -0.25) is 14.4 Å². The molecule has 250 valence electrons. The molecule has 46 heavy (non-hydrogen) atoms. The first-order valence-electron chi connectivity index (χ1n) is 15.6. The number of carbonyl (C=O) groups excluding carboxylic acids is 4. The normalized spacial score (nSPS) is 23.1. The second-order valence-electron chi connectivity index (χ2n) is 12.2. The number of carbonyl (C=O) groups is 4. The van der Waals surface area contributed by atoms with Crippen molar-refractivity contribution in [1.29, 1.82) is 0 Å². The van der Waals surface area contributed by atoms with Gasteiger partial charge in [0.25, 0.3) is 0 Å². The molecule has 11 heteroatoms. The molecule has 0 radical (unpaired) electrons. The molecule has 1 saturated heterocycles. The second-order valence-corrected chi connectivity index (χ2v) is 12.6. The molecule has 1 heterocycles. The Morgan fingerprint density at radius 2 is 1.74 bits per heavy atom. The fraction of sp³-hybridized carbons (Fsp3) is 0.486. The summed E-state index contributed by atoms with van der Waals surface area (Å²) in [7, 11) is 1.49. The van der Waals surface area contributed by atoms with Crippen LogP contribution in [-0.4, -0.2) is 66.9 Å². The van der Waals surface area contributed by atoms with Crippen molar-refractivity contribution in [3.63, 3.8) is 0 Å². The Labute approximate surface area is 275 Å². The molecule has 3 N–H and O–H groups in total. The number of aliphatic hydroxyl groups excluding tert-OH is 1. The van der Waals surface area contributed by atoms with Crippen molar-refractivity contribution >= 4 is 41.4 Å². The SMILES string of the molecule is COc1ccc(C[C@H]2NC(=O)CC(CC(O)[C@H](C)C=Cc3ccccc3)OC(=O)[C@H](CC(C)C)OC(=O)[C@H](C)CNC2=O)cc1Cl. The van der Waals surface area contributed by atoms with Crippen LogP contribution in [0.4, 0.5) is 0 Å². The average molecular weight is 657 g/mol. The van der Waals surface area contributed by atoms with Crippen molar-refractivity contribution in [3.05, 3.63) is 70.8 Å². The summed E-state index contributed by atoms with van der Waals surface area (Å²) >= 11 is 6.29. The molecule has 0 spiro atoms. The van der Waals surface area contributed by atoms with Gasteiger partial charge in [0, 0.05) is 25.3 Å². The highest BCUT2D eigenvalue weighted by molar-refractivity contribution is 6.32. The first-order valence-corrected chi connectivity index (χ1v) is 16.0. The monoisotopic (exact) mass is 656 g/mol. The predicted molar refractivity (Wildman–Crippen MR) is 175 cm³/mol. The van der Waals surface area contributed by atoms with Crippen molar-refractivity contribution in [2.24, 2.45) is 17.8 Å². The third kappa shape index (κ3) is 11.5. The molecule has 0 bridgehead atoms. The van der Waals surface area contributed by atoms with Crippen LogP contribution in [0.5, 0.6) is 5.75 Å². The van der Waals surface area contributed by atoms with Gasteiger partial charge in [-0.2, -0.15) is 0 Å². The Morgan fingerprint density at radius 3 is 2.39 bits per heavy atom. The minimum atomic E-state index is -1.21. The quantitative estimate of drug-likeness (QED) is 0.318. The summed E-state index contributed by atoms with van der Waals surface area (Å²) < 4.78 is 16.6. The number of hydrogen-bond donors (Lipinski definition) is 3. The van der Waals surface area contributed by atoms with Crippen LogP contribution < -0.4 is 15.4 Å². The van der Waals surface area contributed by atoms with Crippen LogP contribution in [0.15, 0.2) is 54.6 Å². The van der Waals surface area contributed by atoms with E-state index in [9.17, 15) is 24.3 Å². The summed E-state index contributed by atoms with van der Waals surface area (Å²) in [5, 5.41) is 16.9. The summed E-state index contributed by atoms with van der Waals surface area (Å²) in [5.41, 5.74) is 1.62. The lowest BCUT2D eigenvalue weighted by molar-refractivity contribution is -0.176. The average Bonchev–Trinajstić information content (AvgIpc) is 3.01. The Balaban J connectivity index is 1.87. The molecule has 1 aliphatic heterocycles. The zero-order valence-electron chi connectivity index (χ0n) is 27.0. The number of aliphatic hydroxyl groups is 1. The first kappa shape index (κ1) is 36.6. The van der Waals surface area contributed by atoms with Gasteiger partial charge < -0.3 is 30.0 Å². The minimum absolute atomic E-state index is 0.0121. The van der Waals surface area contributed by atoms with Gasteiger partial charge in [0.05, 0.1) is 30.6 Å². The van der Waals surface area contributed by atoms with Crippen molar-refractivity contribution < 1.29 is 38.5 Å². The van der Waals surface area contributed by atoms with E-state index in [2.05, 4.69) is 10.6 Å². The molecular formula is C35H45ClN2O8. The number of methoxy groups -OCH3 is 1. The molecule has 6 atom stereocenters. The number of ether oxygens (including phenoxy) is 3. The van der Waals surface area contributed by atoms with E-state index in [0.29, 0.717) is 16.3 Å². The highest BCUT2D eigenvalue weighted by atomic mass is 35.5. The van der Waals surface area contributed by atoms with Crippen LogP contribution in [0, 0.1) is 17.8 Å². The number of nitrogens with one attached hydrogen (secondary N) is 2. The molecular weight excluding hydrogens is 612 g/mol. The molecule has 0 saturated carbocycles. The van der Waals surface area contributed by atoms with E-state index in [0.717, 1.165) is 5.56 Å². The summed E-state index contributed by atoms with van der Waals surface area (Å²) in [6.45, 7) is 7.08. The van der Waals surface area contributed by atoms with E-state index in [1.165, 1.54) is 7.11 Å². The van der Waals surface area contributed by atoms with E-state index in [1.807, 2.05) is 63.3 Å². The van der Waals surface area contributed by atoms with Gasteiger partial charge in [-0.25, -0.2) is 4.79 Å². The number of amides is 2. The zero-order chi connectivity index (χ0) is 33.8. The maximum Gasteiger partial charge on any atom is 0.347 e. The van der Waals surface area contributed by atoms with Gasteiger partial charge in [-0.15, -0.1) is 0 Å². The van der Waals surface area contributed by atoms with E-state index >= 15 is 0 Å². The number of halogens is 1. The Kier molecular flexibility index (Phi) is 14.1. The maximum absolute atomic E-state index is 13.4. The largest absolute Gasteiger partial charge is 0.495 e. The number of hydrogen-bond acceptors (Lipinski definition) is 8. The molecule has 0 aliphatic carbocycles. The topological polar surface area (TPSA) is 140 Å². The third-order valence-corrected chi connectivity index (χ3v) is 7.99. The van der Waals surface area contributed by atoms with Crippen LogP contribution >= 0.6 is 11.6 Å². The molecule has 2 aromatic rings. The minimum Gasteiger partial charge on any atom is -0.495 e. The summed E-state index contributed by atoms with van der Waals surface area (Å²) in [6.07, 6.45) is 0.369. The van der Waals surface area contributed by atoms with Crippen molar-refractivity contribution in [2.75, 3.05) is 13.7 Å². The highest BCUT2D eigenvalue weighted by Gasteiger charge is 2.33. The Hall–Kier alpha value is -3.89.